The molecule has 0 aliphatic rings. The molecule has 170 valence electrons. The van der Waals surface area contributed by atoms with E-state index >= 15 is 0 Å². The molecule has 0 unspecified atom stereocenters. The number of carbonyl (C=O) groups excluding carboxylic acids is 2. The van der Waals surface area contributed by atoms with Crippen LogP contribution in [0.5, 0.6) is 11.5 Å². The van der Waals surface area contributed by atoms with Crippen molar-refractivity contribution in [1.29, 1.82) is 0 Å². The molecule has 1 heterocycles. The van der Waals surface area contributed by atoms with Crippen molar-refractivity contribution in [3.63, 3.8) is 0 Å². The second-order valence-corrected chi connectivity index (χ2v) is 6.91. The number of ether oxygens (including phenoxy) is 3. The topological polar surface area (TPSA) is 86.8 Å². The van der Waals surface area contributed by atoms with Crippen LogP contribution in [0.3, 0.4) is 0 Å². The van der Waals surface area contributed by atoms with E-state index in [4.69, 9.17) is 14.2 Å². The normalized spacial score (nSPS) is 10.6. The zero-order chi connectivity index (χ0) is 23.5. The molecule has 0 bridgehead atoms. The average molecular weight is 447 g/mol. The lowest BCUT2D eigenvalue weighted by atomic mass is 10.1. The monoisotopic (exact) mass is 446 g/mol. The molecule has 3 aromatic rings. The summed E-state index contributed by atoms with van der Waals surface area (Å²) in [4.78, 5) is 28.2. The molecule has 1 N–H and O–H groups in total. The predicted octanol–water partition coefficient (Wildman–Crippen LogP) is 4.89. The molecule has 0 aliphatic carbocycles. The van der Waals surface area contributed by atoms with Crippen LogP contribution in [0.2, 0.25) is 0 Å². The first kappa shape index (κ1) is 23.5. The van der Waals surface area contributed by atoms with Crippen molar-refractivity contribution < 1.29 is 23.8 Å². The van der Waals surface area contributed by atoms with Crippen molar-refractivity contribution in [2.75, 3.05) is 18.5 Å². The summed E-state index contributed by atoms with van der Waals surface area (Å²) in [5.74, 6) is 0.376. The summed E-state index contributed by atoms with van der Waals surface area (Å²) in [6.07, 6.45) is 6.46. The Kier molecular flexibility index (Phi) is 8.59. The molecule has 0 fully saturated rings. The van der Waals surface area contributed by atoms with Gasteiger partial charge in [0.05, 0.1) is 13.2 Å². The molecule has 0 saturated carbocycles. The Labute approximate surface area is 193 Å². The van der Waals surface area contributed by atoms with Crippen LogP contribution in [0.15, 0.2) is 73.1 Å². The highest BCUT2D eigenvalue weighted by Gasteiger charge is 2.12. The van der Waals surface area contributed by atoms with Crippen LogP contribution >= 0.6 is 0 Å². The van der Waals surface area contributed by atoms with Gasteiger partial charge in [-0.3, -0.25) is 9.78 Å². The van der Waals surface area contributed by atoms with Gasteiger partial charge in [0, 0.05) is 35.3 Å². The number of anilines is 1. The van der Waals surface area contributed by atoms with Crippen LogP contribution in [0.1, 0.15) is 35.3 Å². The molecule has 7 nitrogen and oxygen atoms in total. The Morgan fingerprint density at radius 3 is 2.48 bits per heavy atom. The minimum atomic E-state index is -0.396. The first-order valence-electron chi connectivity index (χ1n) is 10.6. The van der Waals surface area contributed by atoms with Crippen molar-refractivity contribution in [1.82, 2.24) is 4.98 Å². The molecule has 0 radical (unpaired) electrons. The number of hydrogen-bond donors (Lipinski definition) is 1. The van der Waals surface area contributed by atoms with Crippen LogP contribution in [0.4, 0.5) is 5.69 Å². The standard InChI is InChI=1S/C26H26N2O5/c1-3-31-24-16-21(10-13-23(24)33-18-20-6-5-15-27-17-20)26(30)28-22-11-7-19(8-12-22)9-14-25(29)32-4-2/h5-17H,3-4,18H2,1-2H3,(H,28,30)/b14-9+. The van der Waals surface area contributed by atoms with E-state index in [1.165, 1.54) is 6.08 Å². The Hall–Kier alpha value is -4.13. The molecule has 33 heavy (non-hydrogen) atoms. The number of amides is 1. The van der Waals surface area contributed by atoms with Gasteiger partial charge in [0.2, 0.25) is 0 Å². The number of hydrogen-bond acceptors (Lipinski definition) is 6. The first-order chi connectivity index (χ1) is 16.1. The Balaban J connectivity index is 1.65. The van der Waals surface area contributed by atoms with Gasteiger partial charge in [-0.2, -0.15) is 0 Å². The highest BCUT2D eigenvalue weighted by Crippen LogP contribution is 2.29. The maximum Gasteiger partial charge on any atom is 0.330 e. The fourth-order valence-electron chi connectivity index (χ4n) is 2.92. The van der Waals surface area contributed by atoms with Gasteiger partial charge in [0.25, 0.3) is 5.91 Å². The summed E-state index contributed by atoms with van der Waals surface area (Å²) in [5, 5.41) is 2.86. The van der Waals surface area contributed by atoms with Gasteiger partial charge in [-0.25, -0.2) is 4.79 Å². The van der Waals surface area contributed by atoms with Crippen LogP contribution in [0, 0.1) is 0 Å². The first-order valence-corrected chi connectivity index (χ1v) is 10.6. The quantitative estimate of drug-likeness (QED) is 0.353. The lowest BCUT2D eigenvalue weighted by Crippen LogP contribution is -2.12. The fourth-order valence-corrected chi connectivity index (χ4v) is 2.92. The second kappa shape index (κ2) is 12.0. The Bertz CT molecular complexity index is 1100. The highest BCUT2D eigenvalue weighted by atomic mass is 16.5. The molecule has 2 aromatic carbocycles. The number of aromatic nitrogens is 1. The second-order valence-electron chi connectivity index (χ2n) is 6.91. The molecule has 0 spiro atoms. The van der Waals surface area contributed by atoms with Gasteiger partial charge < -0.3 is 19.5 Å². The lowest BCUT2D eigenvalue weighted by Gasteiger charge is -2.13. The van der Waals surface area contributed by atoms with E-state index in [2.05, 4.69) is 10.3 Å². The average Bonchev–Trinajstić information content (AvgIpc) is 2.84. The van der Waals surface area contributed by atoms with E-state index in [0.29, 0.717) is 42.6 Å². The number of esters is 1. The van der Waals surface area contributed by atoms with E-state index < -0.39 is 5.97 Å². The number of nitrogens with one attached hydrogen (secondary N) is 1. The lowest BCUT2D eigenvalue weighted by molar-refractivity contribution is -0.137. The maximum absolute atomic E-state index is 12.7. The molecule has 0 atom stereocenters. The van der Waals surface area contributed by atoms with Gasteiger partial charge in [-0.05, 0) is 61.9 Å². The molecule has 0 saturated heterocycles. The van der Waals surface area contributed by atoms with Gasteiger partial charge in [-0.1, -0.05) is 18.2 Å². The number of carbonyl (C=O) groups is 2. The number of pyridine rings is 1. The molecule has 3 rings (SSSR count). The molecule has 1 aromatic heterocycles. The van der Waals surface area contributed by atoms with Crippen molar-refractivity contribution in [3.8, 4) is 11.5 Å². The van der Waals surface area contributed by atoms with Gasteiger partial charge in [0.15, 0.2) is 11.5 Å². The van der Waals surface area contributed by atoms with Crippen molar-refractivity contribution in [2.24, 2.45) is 0 Å². The molecular weight excluding hydrogens is 420 g/mol. The van der Waals surface area contributed by atoms with E-state index in [9.17, 15) is 9.59 Å². The van der Waals surface area contributed by atoms with E-state index in [1.54, 1.807) is 67.9 Å². The third-order valence-corrected chi connectivity index (χ3v) is 4.49. The summed E-state index contributed by atoms with van der Waals surface area (Å²) in [5.41, 5.74) is 2.82. The number of benzene rings is 2. The predicted molar refractivity (Wildman–Crippen MR) is 126 cm³/mol. The zero-order valence-electron chi connectivity index (χ0n) is 18.6. The molecule has 0 aliphatic heterocycles. The largest absolute Gasteiger partial charge is 0.490 e. The molecular formula is C26H26N2O5. The third kappa shape index (κ3) is 7.21. The third-order valence-electron chi connectivity index (χ3n) is 4.49. The number of rotatable bonds is 10. The van der Waals surface area contributed by atoms with Gasteiger partial charge in [-0.15, -0.1) is 0 Å². The van der Waals surface area contributed by atoms with Crippen LogP contribution in [0.25, 0.3) is 6.08 Å². The Morgan fingerprint density at radius 1 is 0.970 bits per heavy atom. The zero-order valence-corrected chi connectivity index (χ0v) is 18.6. The number of nitrogens with zero attached hydrogens (tertiary/aromatic N) is 1. The van der Waals surface area contributed by atoms with Crippen molar-refractivity contribution in [3.05, 3.63) is 89.8 Å². The van der Waals surface area contributed by atoms with E-state index in [1.807, 2.05) is 19.1 Å². The maximum atomic E-state index is 12.7. The molecule has 7 heteroatoms. The van der Waals surface area contributed by atoms with Gasteiger partial charge in [0.1, 0.15) is 6.61 Å². The molecule has 1 amide bonds. The minimum Gasteiger partial charge on any atom is -0.490 e. The van der Waals surface area contributed by atoms with E-state index in [0.717, 1.165) is 11.1 Å². The fraction of sp³-hybridized carbons (Fsp3) is 0.192. The summed E-state index contributed by atoms with van der Waals surface area (Å²) in [7, 11) is 0. The van der Waals surface area contributed by atoms with Crippen LogP contribution in [-0.2, 0) is 16.1 Å². The van der Waals surface area contributed by atoms with Gasteiger partial charge >= 0.3 is 5.97 Å². The summed E-state index contributed by atoms with van der Waals surface area (Å²) in [6.45, 7) is 4.74. The summed E-state index contributed by atoms with van der Waals surface area (Å²) >= 11 is 0. The van der Waals surface area contributed by atoms with Crippen LogP contribution in [-0.4, -0.2) is 30.1 Å². The summed E-state index contributed by atoms with van der Waals surface area (Å²) < 4.78 is 16.4. The summed E-state index contributed by atoms with van der Waals surface area (Å²) in [6, 6.07) is 16.0. The Morgan fingerprint density at radius 2 is 1.79 bits per heavy atom. The smallest absolute Gasteiger partial charge is 0.330 e. The minimum absolute atomic E-state index is 0.274. The SMILES string of the molecule is CCOC(=O)/C=C/c1ccc(NC(=O)c2ccc(OCc3cccnc3)c(OCC)c2)cc1. The van der Waals surface area contributed by atoms with Crippen molar-refractivity contribution >= 4 is 23.6 Å². The highest BCUT2D eigenvalue weighted by molar-refractivity contribution is 6.04. The van der Waals surface area contributed by atoms with Crippen LogP contribution < -0.4 is 14.8 Å². The van der Waals surface area contributed by atoms with Crippen molar-refractivity contribution in [2.45, 2.75) is 20.5 Å². The van der Waals surface area contributed by atoms with E-state index in [-0.39, 0.29) is 5.91 Å².